The molecule has 0 spiro atoms. The summed E-state index contributed by atoms with van der Waals surface area (Å²) in [6.45, 7) is -0.223. The molecule has 1 saturated heterocycles. The van der Waals surface area contributed by atoms with Gasteiger partial charge < -0.3 is 10.6 Å². The molecule has 0 bridgehead atoms. The van der Waals surface area contributed by atoms with E-state index in [1.54, 1.807) is 11.8 Å². The summed E-state index contributed by atoms with van der Waals surface area (Å²) in [5.41, 5.74) is 2.39. The van der Waals surface area contributed by atoms with Crippen LogP contribution in [0.1, 0.15) is 36.4 Å². The number of urea groups is 1. The number of amides is 4. The molecule has 2 aliphatic rings. The Kier molecular flexibility index (Phi) is 5.63. The number of carbonyl (C=O) groups excluding carboxylic acids is 3. The van der Waals surface area contributed by atoms with Gasteiger partial charge in [0.2, 0.25) is 5.91 Å². The molecule has 0 radical (unpaired) electrons. The van der Waals surface area contributed by atoms with Gasteiger partial charge in [0.05, 0.1) is 6.04 Å². The Labute approximate surface area is 151 Å². The van der Waals surface area contributed by atoms with Crippen LogP contribution in [0.4, 0.5) is 4.79 Å². The first-order chi connectivity index (χ1) is 12.1. The summed E-state index contributed by atoms with van der Waals surface area (Å²) in [5.74, 6) is 0.184. The second-order valence-corrected chi connectivity index (χ2v) is 7.40. The van der Waals surface area contributed by atoms with Crippen molar-refractivity contribution < 1.29 is 14.4 Å². The number of nitrogens with one attached hydrogen (secondary N) is 2. The van der Waals surface area contributed by atoms with Gasteiger partial charge in [0.1, 0.15) is 12.6 Å². The first-order valence-electron chi connectivity index (χ1n) is 8.58. The zero-order valence-electron chi connectivity index (χ0n) is 14.3. The van der Waals surface area contributed by atoms with Crippen LogP contribution < -0.4 is 10.6 Å². The fourth-order valence-electron chi connectivity index (χ4n) is 3.45. The highest BCUT2D eigenvalue weighted by atomic mass is 32.2. The van der Waals surface area contributed by atoms with Crippen LogP contribution in [0, 0.1) is 0 Å². The van der Waals surface area contributed by atoms with Crippen molar-refractivity contribution >= 4 is 29.6 Å². The lowest BCUT2D eigenvalue weighted by atomic mass is 9.88. The molecule has 2 unspecified atom stereocenters. The van der Waals surface area contributed by atoms with Crippen molar-refractivity contribution in [1.29, 1.82) is 0 Å². The molecular formula is C18H23N3O3S. The number of imide groups is 1. The quantitative estimate of drug-likeness (QED) is 0.758. The summed E-state index contributed by atoms with van der Waals surface area (Å²) in [6.07, 6.45) is 5.45. The van der Waals surface area contributed by atoms with Crippen molar-refractivity contribution in [2.45, 2.75) is 37.8 Å². The highest BCUT2D eigenvalue weighted by molar-refractivity contribution is 7.98. The van der Waals surface area contributed by atoms with Gasteiger partial charge in [-0.1, -0.05) is 24.3 Å². The number of carbonyl (C=O) groups is 3. The number of fused-ring (bicyclic) bond motifs is 1. The highest BCUT2D eigenvalue weighted by Gasteiger charge is 2.38. The number of rotatable bonds is 6. The Bertz CT molecular complexity index is 679. The largest absolute Gasteiger partial charge is 0.348 e. The van der Waals surface area contributed by atoms with Gasteiger partial charge in [0.25, 0.3) is 5.91 Å². The molecule has 25 heavy (non-hydrogen) atoms. The third-order valence-electron chi connectivity index (χ3n) is 4.72. The standard InChI is InChI=1S/C18H23N3O3S/c1-25-10-9-15-17(23)21(18(24)20-15)11-16(22)19-14-8-4-6-12-5-2-3-7-13(12)14/h2-3,5,7,14-15H,4,6,8-11H2,1H3,(H,19,22)(H,20,24). The van der Waals surface area contributed by atoms with Crippen LogP contribution in [0.5, 0.6) is 0 Å². The van der Waals surface area contributed by atoms with Gasteiger partial charge in [-0.3, -0.25) is 14.5 Å². The second-order valence-electron chi connectivity index (χ2n) is 6.42. The summed E-state index contributed by atoms with van der Waals surface area (Å²) in [7, 11) is 0. The molecular weight excluding hydrogens is 338 g/mol. The van der Waals surface area contributed by atoms with Crippen molar-refractivity contribution in [3.8, 4) is 0 Å². The number of nitrogens with zero attached hydrogens (tertiary/aromatic N) is 1. The minimum Gasteiger partial charge on any atom is -0.348 e. The van der Waals surface area contributed by atoms with Gasteiger partial charge in [-0.15, -0.1) is 0 Å². The summed E-state index contributed by atoms with van der Waals surface area (Å²) in [6, 6.07) is 7.05. The molecule has 4 amide bonds. The molecule has 1 aliphatic carbocycles. The number of benzene rings is 1. The predicted octanol–water partition coefficient (Wildman–Crippen LogP) is 1.85. The average Bonchev–Trinajstić information content (AvgIpc) is 2.88. The molecule has 0 aromatic heterocycles. The first-order valence-corrected chi connectivity index (χ1v) is 9.97. The van der Waals surface area contributed by atoms with Gasteiger partial charge in [-0.05, 0) is 48.8 Å². The van der Waals surface area contributed by atoms with E-state index < -0.39 is 12.1 Å². The molecule has 1 aliphatic heterocycles. The van der Waals surface area contributed by atoms with Crippen molar-refractivity contribution in [2.75, 3.05) is 18.6 Å². The number of hydrogen-bond acceptors (Lipinski definition) is 4. The zero-order valence-corrected chi connectivity index (χ0v) is 15.1. The Morgan fingerprint density at radius 3 is 2.96 bits per heavy atom. The Balaban J connectivity index is 1.60. The smallest absolute Gasteiger partial charge is 0.325 e. The molecule has 1 heterocycles. The van der Waals surface area contributed by atoms with Crippen molar-refractivity contribution in [3.05, 3.63) is 35.4 Å². The van der Waals surface area contributed by atoms with Gasteiger partial charge in [0, 0.05) is 0 Å². The van der Waals surface area contributed by atoms with Crippen LogP contribution in [0.25, 0.3) is 0 Å². The van der Waals surface area contributed by atoms with Gasteiger partial charge in [-0.25, -0.2) is 4.79 Å². The number of hydrogen-bond donors (Lipinski definition) is 2. The molecule has 1 aromatic rings. The van der Waals surface area contributed by atoms with E-state index in [-0.39, 0.29) is 24.4 Å². The lowest BCUT2D eigenvalue weighted by molar-refractivity contribution is -0.132. The number of aryl methyl sites for hydroxylation is 1. The third kappa shape index (κ3) is 3.98. The second kappa shape index (κ2) is 7.91. The van der Waals surface area contributed by atoms with E-state index in [9.17, 15) is 14.4 Å². The monoisotopic (exact) mass is 361 g/mol. The molecule has 6 nitrogen and oxygen atoms in total. The van der Waals surface area contributed by atoms with Crippen molar-refractivity contribution in [3.63, 3.8) is 0 Å². The maximum Gasteiger partial charge on any atom is 0.325 e. The fraction of sp³-hybridized carbons (Fsp3) is 0.500. The highest BCUT2D eigenvalue weighted by Crippen LogP contribution is 2.29. The van der Waals surface area contributed by atoms with Crippen LogP contribution in [-0.4, -0.2) is 47.3 Å². The normalized spacial score (nSPS) is 22.5. The van der Waals surface area contributed by atoms with Crippen LogP contribution in [0.2, 0.25) is 0 Å². The Morgan fingerprint density at radius 2 is 2.16 bits per heavy atom. The van der Waals surface area contributed by atoms with Gasteiger partial charge in [0.15, 0.2) is 0 Å². The predicted molar refractivity (Wildman–Crippen MR) is 97.3 cm³/mol. The van der Waals surface area contributed by atoms with Crippen LogP contribution in [0.15, 0.2) is 24.3 Å². The molecule has 2 N–H and O–H groups in total. The van der Waals surface area contributed by atoms with Crippen LogP contribution in [-0.2, 0) is 16.0 Å². The maximum atomic E-state index is 12.4. The topological polar surface area (TPSA) is 78.5 Å². The first kappa shape index (κ1) is 17.8. The van der Waals surface area contributed by atoms with E-state index in [1.165, 1.54) is 5.56 Å². The lowest BCUT2D eigenvalue weighted by Crippen LogP contribution is -2.42. The van der Waals surface area contributed by atoms with E-state index >= 15 is 0 Å². The minimum absolute atomic E-state index is 0.0505. The molecule has 7 heteroatoms. The van der Waals surface area contributed by atoms with Crippen LogP contribution in [0.3, 0.4) is 0 Å². The average molecular weight is 361 g/mol. The lowest BCUT2D eigenvalue weighted by Gasteiger charge is -2.27. The molecule has 0 saturated carbocycles. The van der Waals surface area contributed by atoms with Gasteiger partial charge in [-0.2, -0.15) is 11.8 Å². The molecule has 1 fully saturated rings. The van der Waals surface area contributed by atoms with E-state index in [1.807, 2.05) is 24.5 Å². The maximum absolute atomic E-state index is 12.4. The number of thioether (sulfide) groups is 1. The van der Waals surface area contributed by atoms with Crippen molar-refractivity contribution in [2.24, 2.45) is 0 Å². The third-order valence-corrected chi connectivity index (χ3v) is 5.37. The molecule has 1 aromatic carbocycles. The van der Waals surface area contributed by atoms with Gasteiger partial charge >= 0.3 is 6.03 Å². The molecule has 3 rings (SSSR count). The van der Waals surface area contributed by atoms with E-state index in [0.29, 0.717) is 6.42 Å². The summed E-state index contributed by atoms with van der Waals surface area (Å²) in [5, 5.41) is 5.64. The zero-order chi connectivity index (χ0) is 17.8. The Hall–Kier alpha value is -2.02. The van der Waals surface area contributed by atoms with Crippen LogP contribution >= 0.6 is 11.8 Å². The van der Waals surface area contributed by atoms with E-state index in [4.69, 9.17) is 0 Å². The fourth-order valence-corrected chi connectivity index (χ4v) is 3.92. The van der Waals surface area contributed by atoms with E-state index in [2.05, 4.69) is 16.7 Å². The molecule has 134 valence electrons. The SMILES string of the molecule is CSCCC1NC(=O)N(CC(=O)NC2CCCc3ccccc32)C1=O. The Morgan fingerprint density at radius 1 is 1.36 bits per heavy atom. The van der Waals surface area contributed by atoms with E-state index in [0.717, 1.165) is 35.5 Å². The summed E-state index contributed by atoms with van der Waals surface area (Å²) >= 11 is 1.62. The summed E-state index contributed by atoms with van der Waals surface area (Å²) in [4.78, 5) is 37.7. The molecule has 2 atom stereocenters. The van der Waals surface area contributed by atoms with Crippen molar-refractivity contribution in [1.82, 2.24) is 15.5 Å². The minimum atomic E-state index is -0.511. The summed E-state index contributed by atoms with van der Waals surface area (Å²) < 4.78 is 0.